The number of nitrogens with two attached hydrogens (primary N) is 1. The first-order valence-electron chi connectivity index (χ1n) is 7.39. The fourth-order valence-corrected chi connectivity index (χ4v) is 2.58. The van der Waals surface area contributed by atoms with E-state index in [1.165, 1.54) is 0 Å². The van der Waals surface area contributed by atoms with E-state index in [2.05, 4.69) is 0 Å². The van der Waals surface area contributed by atoms with Crippen LogP contribution in [0, 0.1) is 5.92 Å². The lowest BCUT2D eigenvalue weighted by Crippen LogP contribution is -2.43. The zero-order chi connectivity index (χ0) is 15.2. The van der Waals surface area contributed by atoms with Crippen LogP contribution in [0.1, 0.15) is 25.3 Å². The number of rotatable bonds is 4. The first kappa shape index (κ1) is 15.4. The lowest BCUT2D eigenvalue weighted by molar-refractivity contribution is -0.151. The molecule has 5 nitrogen and oxygen atoms in total. The van der Waals surface area contributed by atoms with Crippen LogP contribution in [0.15, 0.2) is 24.3 Å². The number of benzene rings is 1. The van der Waals surface area contributed by atoms with E-state index in [4.69, 9.17) is 10.5 Å². The monoisotopic (exact) mass is 290 g/mol. The number of amides is 1. The maximum atomic E-state index is 12.3. The fraction of sp³-hybridized carbons (Fsp3) is 0.500. The second-order valence-electron chi connectivity index (χ2n) is 5.35. The number of anilines is 1. The molecule has 2 N–H and O–H groups in total. The zero-order valence-corrected chi connectivity index (χ0v) is 12.4. The third-order valence-electron chi connectivity index (χ3n) is 3.73. The predicted octanol–water partition coefficient (Wildman–Crippen LogP) is 1.61. The summed E-state index contributed by atoms with van der Waals surface area (Å²) in [6.45, 7) is 3.36. The summed E-state index contributed by atoms with van der Waals surface area (Å²) in [7, 11) is 0. The highest BCUT2D eigenvalue weighted by Gasteiger charge is 2.29. The van der Waals surface area contributed by atoms with Gasteiger partial charge < -0.3 is 15.4 Å². The van der Waals surface area contributed by atoms with Gasteiger partial charge in [-0.25, -0.2) is 0 Å². The number of carbonyl (C=O) groups excluding carboxylic acids is 2. The molecular weight excluding hydrogens is 268 g/mol. The molecule has 0 saturated carbocycles. The number of nitrogens with zero attached hydrogens (tertiary/aromatic N) is 1. The van der Waals surface area contributed by atoms with Gasteiger partial charge in [0.15, 0.2) is 0 Å². The molecule has 1 amide bonds. The zero-order valence-electron chi connectivity index (χ0n) is 12.4. The molecule has 114 valence electrons. The Morgan fingerprint density at radius 1 is 1.33 bits per heavy atom. The number of piperidine rings is 1. The van der Waals surface area contributed by atoms with Gasteiger partial charge in [0.2, 0.25) is 5.91 Å². The van der Waals surface area contributed by atoms with Crippen LogP contribution in [0.2, 0.25) is 0 Å². The van der Waals surface area contributed by atoms with Crippen molar-refractivity contribution < 1.29 is 14.3 Å². The maximum Gasteiger partial charge on any atom is 0.310 e. The second kappa shape index (κ2) is 7.11. The number of carbonyl (C=O) groups is 2. The third-order valence-corrected chi connectivity index (χ3v) is 3.73. The number of nitrogen functional groups attached to an aromatic ring is 1. The summed E-state index contributed by atoms with van der Waals surface area (Å²) in [5.41, 5.74) is 7.26. The van der Waals surface area contributed by atoms with Gasteiger partial charge in [0.25, 0.3) is 0 Å². The minimum atomic E-state index is -0.192. The van der Waals surface area contributed by atoms with Crippen molar-refractivity contribution in [2.45, 2.75) is 26.2 Å². The Balaban J connectivity index is 1.92. The summed E-state index contributed by atoms with van der Waals surface area (Å²) in [6.07, 6.45) is 1.98. The van der Waals surface area contributed by atoms with E-state index in [1.54, 1.807) is 24.0 Å². The van der Waals surface area contributed by atoms with Gasteiger partial charge in [-0.05, 0) is 37.5 Å². The minimum absolute atomic E-state index is 0.0498. The molecule has 0 radical (unpaired) electrons. The topological polar surface area (TPSA) is 72.6 Å². The van der Waals surface area contributed by atoms with Crippen molar-refractivity contribution in [1.29, 1.82) is 0 Å². The standard InChI is InChI=1S/C16H22N2O3/c1-2-21-16(20)13-4-3-9-18(11-13)15(19)10-12-5-7-14(17)8-6-12/h5-8,13H,2-4,9-11,17H2,1H3. The molecule has 5 heteroatoms. The lowest BCUT2D eigenvalue weighted by atomic mass is 9.97. The molecule has 1 unspecified atom stereocenters. The van der Waals surface area contributed by atoms with E-state index in [-0.39, 0.29) is 17.8 Å². The van der Waals surface area contributed by atoms with E-state index < -0.39 is 0 Å². The van der Waals surface area contributed by atoms with Crippen molar-refractivity contribution in [2.24, 2.45) is 5.92 Å². The van der Waals surface area contributed by atoms with Crippen molar-refractivity contribution in [2.75, 3.05) is 25.4 Å². The maximum absolute atomic E-state index is 12.3. The van der Waals surface area contributed by atoms with Crippen LogP contribution in [-0.2, 0) is 20.7 Å². The van der Waals surface area contributed by atoms with Crippen molar-refractivity contribution >= 4 is 17.6 Å². The quantitative estimate of drug-likeness (QED) is 0.675. The minimum Gasteiger partial charge on any atom is -0.466 e. The highest BCUT2D eigenvalue weighted by atomic mass is 16.5. The highest BCUT2D eigenvalue weighted by Crippen LogP contribution is 2.19. The van der Waals surface area contributed by atoms with Crippen molar-refractivity contribution in [3.8, 4) is 0 Å². The Morgan fingerprint density at radius 3 is 2.71 bits per heavy atom. The molecule has 0 aromatic heterocycles. The van der Waals surface area contributed by atoms with Crippen LogP contribution in [-0.4, -0.2) is 36.5 Å². The Labute approximate surface area is 125 Å². The normalized spacial score (nSPS) is 18.3. The number of hydrogen-bond donors (Lipinski definition) is 1. The molecule has 21 heavy (non-hydrogen) atoms. The first-order valence-corrected chi connectivity index (χ1v) is 7.39. The van der Waals surface area contributed by atoms with E-state index in [0.717, 1.165) is 18.4 Å². The summed E-state index contributed by atoms with van der Waals surface area (Å²) >= 11 is 0. The lowest BCUT2D eigenvalue weighted by Gasteiger charge is -2.31. The molecule has 1 fully saturated rings. The summed E-state index contributed by atoms with van der Waals surface area (Å²) in [4.78, 5) is 25.9. The van der Waals surface area contributed by atoms with Gasteiger partial charge in [-0.1, -0.05) is 12.1 Å². The van der Waals surface area contributed by atoms with E-state index in [9.17, 15) is 9.59 Å². The Kier molecular flexibility index (Phi) is 5.20. The molecule has 0 spiro atoms. The molecule has 1 atom stereocenters. The molecule has 1 saturated heterocycles. The van der Waals surface area contributed by atoms with E-state index >= 15 is 0 Å². The van der Waals surface area contributed by atoms with Crippen LogP contribution in [0.4, 0.5) is 5.69 Å². The SMILES string of the molecule is CCOC(=O)C1CCCN(C(=O)Cc2ccc(N)cc2)C1. The predicted molar refractivity (Wildman–Crippen MR) is 80.5 cm³/mol. The Hall–Kier alpha value is -2.04. The summed E-state index contributed by atoms with van der Waals surface area (Å²) < 4.78 is 5.05. The molecular formula is C16H22N2O3. The largest absolute Gasteiger partial charge is 0.466 e. The van der Waals surface area contributed by atoms with Gasteiger partial charge in [-0.15, -0.1) is 0 Å². The van der Waals surface area contributed by atoms with Crippen molar-refractivity contribution in [1.82, 2.24) is 4.90 Å². The molecule has 1 aromatic rings. The van der Waals surface area contributed by atoms with Gasteiger partial charge in [0.05, 0.1) is 18.9 Å². The average molecular weight is 290 g/mol. The number of ether oxygens (including phenoxy) is 1. The van der Waals surface area contributed by atoms with Gasteiger partial charge in [0, 0.05) is 18.8 Å². The van der Waals surface area contributed by atoms with Crippen molar-refractivity contribution in [3.63, 3.8) is 0 Å². The molecule has 1 heterocycles. The van der Waals surface area contributed by atoms with Crippen LogP contribution in [0.3, 0.4) is 0 Å². The second-order valence-corrected chi connectivity index (χ2v) is 5.35. The van der Waals surface area contributed by atoms with Gasteiger partial charge in [-0.3, -0.25) is 9.59 Å². The molecule has 1 aliphatic rings. The smallest absolute Gasteiger partial charge is 0.310 e. The molecule has 0 aliphatic carbocycles. The van der Waals surface area contributed by atoms with E-state index in [1.807, 2.05) is 12.1 Å². The van der Waals surface area contributed by atoms with Gasteiger partial charge in [-0.2, -0.15) is 0 Å². The van der Waals surface area contributed by atoms with Crippen LogP contribution in [0.25, 0.3) is 0 Å². The number of likely N-dealkylation sites (tertiary alicyclic amines) is 1. The van der Waals surface area contributed by atoms with Gasteiger partial charge >= 0.3 is 5.97 Å². The van der Waals surface area contributed by atoms with Crippen LogP contribution < -0.4 is 5.73 Å². The van der Waals surface area contributed by atoms with Crippen molar-refractivity contribution in [3.05, 3.63) is 29.8 Å². The van der Waals surface area contributed by atoms with Crippen LogP contribution in [0.5, 0.6) is 0 Å². The number of hydrogen-bond acceptors (Lipinski definition) is 4. The Morgan fingerprint density at radius 2 is 2.05 bits per heavy atom. The number of esters is 1. The highest BCUT2D eigenvalue weighted by molar-refractivity contribution is 5.80. The molecule has 2 rings (SSSR count). The summed E-state index contributed by atoms with van der Waals surface area (Å²) in [5.74, 6) is -0.328. The fourth-order valence-electron chi connectivity index (χ4n) is 2.58. The first-order chi connectivity index (χ1) is 10.1. The third kappa shape index (κ3) is 4.21. The molecule has 0 bridgehead atoms. The van der Waals surface area contributed by atoms with E-state index in [0.29, 0.717) is 31.8 Å². The summed E-state index contributed by atoms with van der Waals surface area (Å²) in [6, 6.07) is 7.31. The van der Waals surface area contributed by atoms with Crippen LogP contribution >= 0.6 is 0 Å². The summed E-state index contributed by atoms with van der Waals surface area (Å²) in [5, 5.41) is 0. The Bertz CT molecular complexity index is 499. The van der Waals surface area contributed by atoms with Gasteiger partial charge in [0.1, 0.15) is 0 Å². The molecule has 1 aliphatic heterocycles. The average Bonchev–Trinajstić information content (AvgIpc) is 2.50. The molecule has 1 aromatic carbocycles.